The summed E-state index contributed by atoms with van der Waals surface area (Å²) in [5, 5.41) is 0. The van der Waals surface area contributed by atoms with Crippen molar-refractivity contribution in [2.45, 2.75) is 32.6 Å². The molecule has 2 rings (SSSR count). The minimum Gasteiger partial charge on any atom is -0.330 e. The summed E-state index contributed by atoms with van der Waals surface area (Å²) >= 11 is 0. The molecule has 3 nitrogen and oxygen atoms in total. The summed E-state index contributed by atoms with van der Waals surface area (Å²) < 4.78 is 0. The van der Waals surface area contributed by atoms with E-state index in [-0.39, 0.29) is 0 Å². The first-order valence-electron chi connectivity index (χ1n) is 7.48. The van der Waals surface area contributed by atoms with E-state index < -0.39 is 0 Å². The summed E-state index contributed by atoms with van der Waals surface area (Å²) in [6.45, 7) is 10.8. The average molecular weight is 239 g/mol. The van der Waals surface area contributed by atoms with E-state index in [9.17, 15) is 0 Å². The third-order valence-electron chi connectivity index (χ3n) is 4.67. The van der Waals surface area contributed by atoms with Gasteiger partial charge in [0.25, 0.3) is 0 Å². The zero-order valence-corrected chi connectivity index (χ0v) is 11.4. The quantitative estimate of drug-likeness (QED) is 0.787. The highest BCUT2D eigenvalue weighted by Crippen LogP contribution is 2.25. The predicted molar refractivity (Wildman–Crippen MR) is 73.1 cm³/mol. The third kappa shape index (κ3) is 3.67. The van der Waals surface area contributed by atoms with E-state index in [0.29, 0.717) is 0 Å². The Bertz CT molecular complexity index is 214. The van der Waals surface area contributed by atoms with Crippen molar-refractivity contribution in [3.63, 3.8) is 0 Å². The fourth-order valence-corrected chi connectivity index (χ4v) is 3.42. The maximum absolute atomic E-state index is 6.01. The molecule has 0 aromatic carbocycles. The van der Waals surface area contributed by atoms with Gasteiger partial charge in [-0.15, -0.1) is 0 Å². The molecule has 0 aliphatic carbocycles. The van der Waals surface area contributed by atoms with Crippen LogP contribution in [-0.4, -0.2) is 55.6 Å². The van der Waals surface area contributed by atoms with Gasteiger partial charge in [-0.05, 0) is 63.8 Å². The van der Waals surface area contributed by atoms with Gasteiger partial charge in [-0.1, -0.05) is 13.3 Å². The Balaban J connectivity index is 1.79. The molecule has 100 valence electrons. The minimum absolute atomic E-state index is 0.727. The lowest BCUT2D eigenvalue weighted by Crippen LogP contribution is -2.40. The van der Waals surface area contributed by atoms with Crippen LogP contribution in [0, 0.1) is 11.8 Å². The number of rotatable bonds is 5. The summed E-state index contributed by atoms with van der Waals surface area (Å²) in [5.74, 6) is 1.58. The van der Waals surface area contributed by atoms with Gasteiger partial charge in [0.15, 0.2) is 0 Å². The lowest BCUT2D eigenvalue weighted by atomic mass is 9.90. The highest BCUT2D eigenvalue weighted by atomic mass is 15.2. The van der Waals surface area contributed by atoms with Crippen molar-refractivity contribution < 1.29 is 0 Å². The summed E-state index contributed by atoms with van der Waals surface area (Å²) in [4.78, 5) is 5.22. The molecular weight excluding hydrogens is 210 g/mol. The van der Waals surface area contributed by atoms with Crippen molar-refractivity contribution >= 4 is 0 Å². The smallest absolute Gasteiger partial charge is 0.00249 e. The van der Waals surface area contributed by atoms with E-state index >= 15 is 0 Å². The minimum atomic E-state index is 0.727. The normalized spacial score (nSPS) is 29.6. The number of piperidine rings is 1. The fourth-order valence-electron chi connectivity index (χ4n) is 3.42. The molecule has 2 aliphatic heterocycles. The number of hydrogen-bond donors (Lipinski definition) is 1. The van der Waals surface area contributed by atoms with E-state index in [1.807, 2.05) is 0 Å². The number of likely N-dealkylation sites (tertiary alicyclic amines) is 2. The van der Waals surface area contributed by atoms with Crippen LogP contribution in [0.2, 0.25) is 0 Å². The van der Waals surface area contributed by atoms with Crippen LogP contribution in [0.15, 0.2) is 0 Å². The average Bonchev–Trinajstić information content (AvgIpc) is 2.86. The van der Waals surface area contributed by atoms with Gasteiger partial charge in [0.1, 0.15) is 0 Å². The molecule has 0 aromatic heterocycles. The Labute approximate surface area is 106 Å². The van der Waals surface area contributed by atoms with Crippen LogP contribution in [0.3, 0.4) is 0 Å². The molecular formula is C14H29N3. The molecule has 2 aliphatic rings. The molecule has 0 spiro atoms. The van der Waals surface area contributed by atoms with Gasteiger partial charge in [0.2, 0.25) is 0 Å². The SMILES string of the molecule is CCN1CCC(C(CN)CN2CCCCC2)C1. The highest BCUT2D eigenvalue weighted by Gasteiger charge is 2.29. The Kier molecular flexibility index (Phi) is 5.26. The summed E-state index contributed by atoms with van der Waals surface area (Å²) in [5.41, 5.74) is 6.01. The van der Waals surface area contributed by atoms with Crippen LogP contribution in [0.1, 0.15) is 32.6 Å². The van der Waals surface area contributed by atoms with Crippen LogP contribution >= 0.6 is 0 Å². The first-order valence-corrected chi connectivity index (χ1v) is 7.48. The summed E-state index contributed by atoms with van der Waals surface area (Å²) in [7, 11) is 0. The van der Waals surface area contributed by atoms with Gasteiger partial charge >= 0.3 is 0 Å². The number of hydrogen-bond acceptors (Lipinski definition) is 3. The first-order chi connectivity index (χ1) is 8.33. The van der Waals surface area contributed by atoms with Gasteiger partial charge in [-0.25, -0.2) is 0 Å². The molecule has 2 unspecified atom stereocenters. The molecule has 2 saturated heterocycles. The molecule has 0 radical (unpaired) electrons. The second-order valence-corrected chi connectivity index (χ2v) is 5.80. The molecule has 2 atom stereocenters. The van der Waals surface area contributed by atoms with Crippen LogP contribution in [0.4, 0.5) is 0 Å². The molecule has 0 saturated carbocycles. The molecule has 2 fully saturated rings. The molecule has 0 bridgehead atoms. The lowest BCUT2D eigenvalue weighted by Gasteiger charge is -2.32. The Morgan fingerprint density at radius 3 is 2.47 bits per heavy atom. The van der Waals surface area contributed by atoms with Crippen molar-refractivity contribution in [2.24, 2.45) is 17.6 Å². The predicted octanol–water partition coefficient (Wildman–Crippen LogP) is 1.39. The van der Waals surface area contributed by atoms with Gasteiger partial charge < -0.3 is 15.5 Å². The van der Waals surface area contributed by atoms with E-state index in [0.717, 1.165) is 18.4 Å². The van der Waals surface area contributed by atoms with Gasteiger partial charge in [0, 0.05) is 13.1 Å². The van der Waals surface area contributed by atoms with Crippen molar-refractivity contribution in [2.75, 3.05) is 45.8 Å². The number of nitrogens with zero attached hydrogens (tertiary/aromatic N) is 2. The second kappa shape index (κ2) is 6.72. The third-order valence-corrected chi connectivity index (χ3v) is 4.67. The molecule has 3 heteroatoms. The topological polar surface area (TPSA) is 32.5 Å². The van der Waals surface area contributed by atoms with Crippen LogP contribution < -0.4 is 5.73 Å². The van der Waals surface area contributed by atoms with E-state index in [1.165, 1.54) is 65.0 Å². The van der Waals surface area contributed by atoms with Crippen LogP contribution in [0.5, 0.6) is 0 Å². The fraction of sp³-hybridized carbons (Fsp3) is 1.00. The Morgan fingerprint density at radius 2 is 1.88 bits per heavy atom. The Hall–Kier alpha value is -0.120. The highest BCUT2D eigenvalue weighted by molar-refractivity contribution is 4.83. The molecule has 2 heterocycles. The van der Waals surface area contributed by atoms with Gasteiger partial charge in [-0.2, -0.15) is 0 Å². The summed E-state index contributed by atoms with van der Waals surface area (Å²) in [6, 6.07) is 0. The van der Waals surface area contributed by atoms with Crippen molar-refractivity contribution in [3.05, 3.63) is 0 Å². The van der Waals surface area contributed by atoms with E-state index in [4.69, 9.17) is 5.73 Å². The first kappa shape index (κ1) is 13.3. The van der Waals surface area contributed by atoms with Crippen LogP contribution in [0.25, 0.3) is 0 Å². The maximum Gasteiger partial charge on any atom is 0.00249 e. The largest absolute Gasteiger partial charge is 0.330 e. The maximum atomic E-state index is 6.01. The van der Waals surface area contributed by atoms with E-state index in [1.54, 1.807) is 0 Å². The van der Waals surface area contributed by atoms with Crippen molar-refractivity contribution in [1.29, 1.82) is 0 Å². The molecule has 17 heavy (non-hydrogen) atoms. The number of nitrogens with two attached hydrogens (primary N) is 1. The van der Waals surface area contributed by atoms with Gasteiger partial charge in [0.05, 0.1) is 0 Å². The van der Waals surface area contributed by atoms with Gasteiger partial charge in [-0.3, -0.25) is 0 Å². The summed E-state index contributed by atoms with van der Waals surface area (Å²) in [6.07, 6.45) is 5.58. The van der Waals surface area contributed by atoms with E-state index in [2.05, 4.69) is 16.7 Å². The van der Waals surface area contributed by atoms with Crippen molar-refractivity contribution in [1.82, 2.24) is 9.80 Å². The molecule has 2 N–H and O–H groups in total. The van der Waals surface area contributed by atoms with Crippen LogP contribution in [-0.2, 0) is 0 Å². The molecule has 0 amide bonds. The standard InChI is InChI=1S/C14H29N3/c1-2-16-9-6-13(11-16)14(10-15)12-17-7-4-3-5-8-17/h13-14H,2-12,15H2,1H3. The monoisotopic (exact) mass is 239 g/mol. The lowest BCUT2D eigenvalue weighted by molar-refractivity contribution is 0.167. The zero-order chi connectivity index (χ0) is 12.1. The van der Waals surface area contributed by atoms with Crippen molar-refractivity contribution in [3.8, 4) is 0 Å². The second-order valence-electron chi connectivity index (χ2n) is 5.80. The Morgan fingerprint density at radius 1 is 1.12 bits per heavy atom. The molecule has 0 aromatic rings. The zero-order valence-electron chi connectivity index (χ0n) is 11.4.